The lowest BCUT2D eigenvalue weighted by molar-refractivity contribution is -0.384. The van der Waals surface area contributed by atoms with Gasteiger partial charge in [-0.2, -0.15) is 0 Å². The van der Waals surface area contributed by atoms with Gasteiger partial charge in [0.15, 0.2) is 0 Å². The summed E-state index contributed by atoms with van der Waals surface area (Å²) in [6.45, 7) is 6.71. The molecule has 0 amide bonds. The summed E-state index contributed by atoms with van der Waals surface area (Å²) >= 11 is 7.16. The van der Waals surface area contributed by atoms with Crippen LogP contribution in [-0.4, -0.2) is 61.9 Å². The Hall–Kier alpha value is -2.93. The maximum atomic E-state index is 13.4. The Kier molecular flexibility index (Phi) is 6.20. The molecule has 3 aromatic rings. The zero-order valence-electron chi connectivity index (χ0n) is 17.1. The zero-order valence-corrected chi connectivity index (χ0v) is 18.6. The normalized spacial score (nSPS) is 15.3. The number of hydrogen-bond donors (Lipinski definition) is 0. The average Bonchev–Trinajstić information content (AvgIpc) is 3.20. The van der Waals surface area contributed by atoms with Crippen LogP contribution in [0.4, 0.5) is 10.7 Å². The molecule has 11 nitrogen and oxygen atoms in total. The summed E-state index contributed by atoms with van der Waals surface area (Å²) in [6, 6.07) is 5.04. The molecule has 1 aromatic carbocycles. The summed E-state index contributed by atoms with van der Waals surface area (Å²) < 4.78 is 1.30. The van der Waals surface area contributed by atoms with Gasteiger partial charge < -0.3 is 4.90 Å². The van der Waals surface area contributed by atoms with Crippen LogP contribution in [0.1, 0.15) is 12.7 Å². The number of nitrogens with zero attached hydrogens (tertiary/aromatic N) is 6. The SMILES string of the molecule is CCN1CCN(Cc2nc3sc([N+](=O)[O-])cc3c(=O)n2-c2ccc([N+](=O)[O-])cc2Cl)CC1. The van der Waals surface area contributed by atoms with Crippen molar-refractivity contribution in [3.63, 3.8) is 0 Å². The Morgan fingerprint density at radius 2 is 1.78 bits per heavy atom. The van der Waals surface area contributed by atoms with Crippen molar-refractivity contribution in [2.24, 2.45) is 0 Å². The Labute approximate surface area is 190 Å². The summed E-state index contributed by atoms with van der Waals surface area (Å²) in [6.07, 6.45) is 0. The van der Waals surface area contributed by atoms with E-state index in [0.717, 1.165) is 44.1 Å². The molecule has 32 heavy (non-hydrogen) atoms. The molecule has 1 aliphatic rings. The number of aromatic nitrogens is 2. The minimum atomic E-state index is -0.573. The minimum Gasteiger partial charge on any atom is -0.301 e. The van der Waals surface area contributed by atoms with Crippen LogP contribution in [0.2, 0.25) is 5.02 Å². The van der Waals surface area contributed by atoms with Crippen molar-refractivity contribution in [2.45, 2.75) is 13.5 Å². The Balaban J connectivity index is 1.84. The number of fused-ring (bicyclic) bond motifs is 1. The van der Waals surface area contributed by atoms with E-state index >= 15 is 0 Å². The van der Waals surface area contributed by atoms with Crippen LogP contribution in [0, 0.1) is 20.2 Å². The van der Waals surface area contributed by atoms with Crippen molar-refractivity contribution in [3.05, 3.63) is 65.7 Å². The van der Waals surface area contributed by atoms with Gasteiger partial charge in [-0.15, -0.1) is 0 Å². The number of thiophene rings is 1. The van der Waals surface area contributed by atoms with Crippen molar-refractivity contribution < 1.29 is 9.85 Å². The lowest BCUT2D eigenvalue weighted by Crippen LogP contribution is -2.46. The fraction of sp³-hybridized carbons (Fsp3) is 0.368. The number of halogens is 1. The van der Waals surface area contributed by atoms with Gasteiger partial charge in [0.25, 0.3) is 11.2 Å². The lowest BCUT2D eigenvalue weighted by Gasteiger charge is -2.34. The van der Waals surface area contributed by atoms with Gasteiger partial charge in [0.2, 0.25) is 0 Å². The van der Waals surface area contributed by atoms with E-state index < -0.39 is 15.4 Å². The summed E-state index contributed by atoms with van der Waals surface area (Å²) in [5.74, 6) is 0.375. The largest absolute Gasteiger partial charge is 0.326 e. The molecule has 0 saturated carbocycles. The molecule has 0 aliphatic carbocycles. The molecule has 0 bridgehead atoms. The predicted octanol–water partition coefficient (Wildman–Crippen LogP) is 3.05. The molecule has 2 aromatic heterocycles. The van der Waals surface area contributed by atoms with Crippen LogP contribution in [0.5, 0.6) is 0 Å². The van der Waals surface area contributed by atoms with E-state index in [0.29, 0.717) is 12.4 Å². The third-order valence-electron chi connectivity index (χ3n) is 5.46. The third-order valence-corrected chi connectivity index (χ3v) is 6.75. The molecule has 13 heteroatoms. The predicted molar refractivity (Wildman–Crippen MR) is 121 cm³/mol. The van der Waals surface area contributed by atoms with Crippen LogP contribution in [0.15, 0.2) is 29.1 Å². The topological polar surface area (TPSA) is 128 Å². The molecule has 4 rings (SSSR count). The van der Waals surface area contributed by atoms with Crippen molar-refractivity contribution in [1.82, 2.24) is 19.4 Å². The number of piperazine rings is 1. The molecular formula is C19H19ClN6O5S. The average molecular weight is 479 g/mol. The second-order valence-electron chi connectivity index (χ2n) is 7.33. The third kappa shape index (κ3) is 4.21. The number of likely N-dealkylation sites (N-methyl/N-ethyl adjacent to an activating group) is 1. The fourth-order valence-electron chi connectivity index (χ4n) is 3.71. The van der Waals surface area contributed by atoms with E-state index in [2.05, 4.69) is 21.7 Å². The van der Waals surface area contributed by atoms with Gasteiger partial charge in [-0.25, -0.2) is 4.98 Å². The standard InChI is InChI=1S/C19H19ClN6O5S/c1-2-22-5-7-23(8-6-22)11-16-21-18-13(10-17(32-18)26(30)31)19(27)24(16)15-4-3-12(25(28)29)9-14(15)20/h3-4,9-10H,2,5-8,11H2,1H3. The highest BCUT2D eigenvalue weighted by Gasteiger charge is 2.24. The van der Waals surface area contributed by atoms with Crippen LogP contribution < -0.4 is 5.56 Å². The molecular weight excluding hydrogens is 460 g/mol. The monoisotopic (exact) mass is 478 g/mol. The molecule has 1 saturated heterocycles. The number of rotatable bonds is 6. The second-order valence-corrected chi connectivity index (χ2v) is 8.75. The maximum Gasteiger partial charge on any atom is 0.326 e. The first-order chi connectivity index (χ1) is 15.3. The van der Waals surface area contributed by atoms with Crippen molar-refractivity contribution in [2.75, 3.05) is 32.7 Å². The first kappa shape index (κ1) is 22.3. The molecule has 0 radical (unpaired) electrons. The van der Waals surface area contributed by atoms with Gasteiger partial charge in [0, 0.05) is 44.4 Å². The molecule has 168 valence electrons. The van der Waals surface area contributed by atoms with Crippen LogP contribution in [0.25, 0.3) is 15.9 Å². The van der Waals surface area contributed by atoms with E-state index in [1.807, 2.05) is 0 Å². The molecule has 3 heterocycles. The first-order valence-corrected chi connectivity index (χ1v) is 11.1. The fourth-order valence-corrected chi connectivity index (χ4v) is 4.82. The second kappa shape index (κ2) is 8.90. The van der Waals surface area contributed by atoms with Crippen LogP contribution in [-0.2, 0) is 6.54 Å². The summed E-state index contributed by atoms with van der Waals surface area (Å²) in [4.78, 5) is 43.9. The summed E-state index contributed by atoms with van der Waals surface area (Å²) in [5, 5.41) is 22.3. The Morgan fingerprint density at radius 1 is 1.09 bits per heavy atom. The first-order valence-electron chi connectivity index (χ1n) is 9.87. The van der Waals surface area contributed by atoms with Gasteiger partial charge in [-0.1, -0.05) is 18.5 Å². The summed E-state index contributed by atoms with van der Waals surface area (Å²) in [5.41, 5.74) is -0.464. The van der Waals surface area contributed by atoms with Gasteiger partial charge in [0.1, 0.15) is 10.7 Å². The van der Waals surface area contributed by atoms with E-state index in [4.69, 9.17) is 11.6 Å². The number of nitro groups is 2. The molecule has 1 aliphatic heterocycles. The van der Waals surface area contributed by atoms with E-state index in [9.17, 15) is 25.0 Å². The van der Waals surface area contributed by atoms with Crippen LogP contribution >= 0.6 is 22.9 Å². The number of benzene rings is 1. The highest BCUT2D eigenvalue weighted by Crippen LogP contribution is 2.31. The lowest BCUT2D eigenvalue weighted by atomic mass is 10.2. The smallest absolute Gasteiger partial charge is 0.301 e. The van der Waals surface area contributed by atoms with Crippen molar-refractivity contribution in [3.8, 4) is 5.69 Å². The van der Waals surface area contributed by atoms with E-state index in [1.54, 1.807) is 0 Å². The molecule has 1 fully saturated rings. The zero-order chi connectivity index (χ0) is 23.0. The van der Waals surface area contributed by atoms with E-state index in [-0.39, 0.29) is 31.6 Å². The molecule has 0 unspecified atom stereocenters. The molecule has 0 N–H and O–H groups in total. The molecule has 0 spiro atoms. The van der Waals surface area contributed by atoms with Crippen LogP contribution in [0.3, 0.4) is 0 Å². The van der Waals surface area contributed by atoms with Crippen molar-refractivity contribution in [1.29, 1.82) is 0 Å². The number of nitro benzene ring substituents is 1. The van der Waals surface area contributed by atoms with E-state index in [1.165, 1.54) is 28.8 Å². The highest BCUT2D eigenvalue weighted by atomic mass is 35.5. The molecule has 0 atom stereocenters. The minimum absolute atomic E-state index is 0.0178. The maximum absolute atomic E-state index is 13.4. The van der Waals surface area contributed by atoms with Gasteiger partial charge >= 0.3 is 5.00 Å². The quantitative estimate of drug-likeness (QED) is 0.390. The highest BCUT2D eigenvalue weighted by molar-refractivity contribution is 7.21. The number of non-ortho nitro benzene ring substituents is 1. The Bertz CT molecular complexity index is 1270. The van der Waals surface area contributed by atoms with Gasteiger partial charge in [0.05, 0.1) is 32.5 Å². The van der Waals surface area contributed by atoms with Crippen molar-refractivity contribution >= 4 is 43.8 Å². The summed E-state index contributed by atoms with van der Waals surface area (Å²) in [7, 11) is 0. The number of hydrogen-bond acceptors (Lipinski definition) is 9. The van der Waals surface area contributed by atoms with Gasteiger partial charge in [-0.3, -0.25) is 34.5 Å². The van der Waals surface area contributed by atoms with Gasteiger partial charge in [-0.05, 0) is 23.9 Å². The Morgan fingerprint density at radius 3 is 2.38 bits per heavy atom.